The molecule has 19 heavy (non-hydrogen) atoms. The van der Waals surface area contributed by atoms with Gasteiger partial charge in [-0.25, -0.2) is 4.98 Å². The van der Waals surface area contributed by atoms with Crippen molar-refractivity contribution in [3.8, 4) is 0 Å². The molecular formula is C14H15BrN4. The number of rotatable bonds is 3. The van der Waals surface area contributed by atoms with Gasteiger partial charge in [0.1, 0.15) is 11.7 Å². The first kappa shape index (κ1) is 13.5. The second-order valence-corrected chi connectivity index (χ2v) is 5.11. The molecule has 0 atom stereocenters. The molecule has 0 fully saturated rings. The summed E-state index contributed by atoms with van der Waals surface area (Å²) in [6, 6.07) is 11.5. The Bertz CT molecular complexity index is 625. The number of benzene rings is 1. The van der Waals surface area contributed by atoms with Crippen molar-refractivity contribution in [3.63, 3.8) is 0 Å². The number of hydrogen-bond donors (Lipinski definition) is 2. The molecular weight excluding hydrogens is 304 g/mol. The maximum atomic E-state index is 7.48. The first-order chi connectivity index (χ1) is 8.99. The highest BCUT2D eigenvalue weighted by atomic mass is 79.9. The number of amidine groups is 1. The molecule has 0 bridgehead atoms. The van der Waals surface area contributed by atoms with Crippen LogP contribution in [0.4, 0.5) is 11.5 Å². The number of nitrogens with zero attached hydrogens (tertiary/aromatic N) is 2. The van der Waals surface area contributed by atoms with Crippen LogP contribution in [-0.4, -0.2) is 17.9 Å². The lowest BCUT2D eigenvalue weighted by Crippen LogP contribution is -2.15. The molecule has 0 aliphatic heterocycles. The summed E-state index contributed by atoms with van der Waals surface area (Å²) >= 11 is 3.44. The van der Waals surface area contributed by atoms with Crippen molar-refractivity contribution < 1.29 is 0 Å². The Balaban J connectivity index is 2.37. The summed E-state index contributed by atoms with van der Waals surface area (Å²) in [5, 5.41) is 7.48. The minimum Gasteiger partial charge on any atom is -0.384 e. The Kier molecular flexibility index (Phi) is 3.85. The Labute approximate surface area is 120 Å². The van der Waals surface area contributed by atoms with E-state index in [0.717, 1.165) is 21.7 Å². The first-order valence-electron chi connectivity index (χ1n) is 5.80. The zero-order chi connectivity index (χ0) is 14.0. The Morgan fingerprint density at radius 3 is 2.68 bits per heavy atom. The van der Waals surface area contributed by atoms with Gasteiger partial charge in [0.2, 0.25) is 0 Å². The zero-order valence-electron chi connectivity index (χ0n) is 10.8. The normalized spacial score (nSPS) is 10.3. The Hall–Kier alpha value is -1.88. The largest absolute Gasteiger partial charge is 0.384 e. The van der Waals surface area contributed by atoms with Crippen LogP contribution in [0.25, 0.3) is 0 Å². The van der Waals surface area contributed by atoms with Crippen molar-refractivity contribution in [2.24, 2.45) is 5.73 Å². The van der Waals surface area contributed by atoms with Gasteiger partial charge in [0.15, 0.2) is 0 Å². The molecule has 4 nitrogen and oxygen atoms in total. The van der Waals surface area contributed by atoms with Gasteiger partial charge in [-0.2, -0.15) is 0 Å². The first-order valence-corrected chi connectivity index (χ1v) is 6.59. The van der Waals surface area contributed by atoms with Crippen LogP contribution in [0.15, 0.2) is 40.9 Å². The standard InChI is InChI=1S/C14H15BrN4/c1-9-12(15)6-7-13(18-9)19(2)11-5-3-4-10(8-11)14(16)17/h3-8H,1-2H3,(H3,16,17). The highest BCUT2D eigenvalue weighted by Crippen LogP contribution is 2.25. The summed E-state index contributed by atoms with van der Waals surface area (Å²) in [5.74, 6) is 0.914. The van der Waals surface area contributed by atoms with Crippen LogP contribution >= 0.6 is 15.9 Å². The number of anilines is 2. The molecule has 0 aliphatic rings. The highest BCUT2D eigenvalue weighted by molar-refractivity contribution is 9.10. The molecule has 3 N–H and O–H groups in total. The van der Waals surface area contributed by atoms with Gasteiger partial charge in [-0.3, -0.25) is 5.41 Å². The average molecular weight is 319 g/mol. The second-order valence-electron chi connectivity index (χ2n) is 4.26. The van der Waals surface area contributed by atoms with Crippen LogP contribution in [0.1, 0.15) is 11.3 Å². The topological polar surface area (TPSA) is 66.0 Å². The van der Waals surface area contributed by atoms with E-state index < -0.39 is 0 Å². The molecule has 0 aliphatic carbocycles. The molecule has 1 aromatic carbocycles. The van der Waals surface area contributed by atoms with E-state index in [-0.39, 0.29) is 5.84 Å². The fourth-order valence-corrected chi connectivity index (χ4v) is 1.95. The van der Waals surface area contributed by atoms with Crippen LogP contribution in [0.2, 0.25) is 0 Å². The second kappa shape index (κ2) is 5.40. The molecule has 0 unspecified atom stereocenters. The van der Waals surface area contributed by atoms with Gasteiger partial charge >= 0.3 is 0 Å². The predicted molar refractivity (Wildman–Crippen MR) is 82.2 cm³/mol. The lowest BCUT2D eigenvalue weighted by atomic mass is 10.1. The van der Waals surface area contributed by atoms with E-state index in [1.54, 1.807) is 0 Å². The number of nitrogens with two attached hydrogens (primary N) is 1. The smallest absolute Gasteiger partial charge is 0.133 e. The summed E-state index contributed by atoms with van der Waals surface area (Å²) in [6.07, 6.45) is 0. The number of halogens is 1. The van der Waals surface area contributed by atoms with Gasteiger partial charge < -0.3 is 10.6 Å². The third-order valence-electron chi connectivity index (χ3n) is 2.89. The molecule has 1 heterocycles. The van der Waals surface area contributed by atoms with Gasteiger partial charge in [-0.15, -0.1) is 0 Å². The van der Waals surface area contributed by atoms with E-state index in [4.69, 9.17) is 11.1 Å². The fraction of sp³-hybridized carbons (Fsp3) is 0.143. The quantitative estimate of drug-likeness (QED) is 0.674. The number of aryl methyl sites for hydroxylation is 1. The van der Waals surface area contributed by atoms with Crippen molar-refractivity contribution >= 4 is 33.3 Å². The Morgan fingerprint density at radius 2 is 2.05 bits per heavy atom. The Morgan fingerprint density at radius 1 is 1.32 bits per heavy atom. The molecule has 2 rings (SSSR count). The maximum absolute atomic E-state index is 7.48. The van der Waals surface area contributed by atoms with E-state index in [1.807, 2.05) is 55.3 Å². The van der Waals surface area contributed by atoms with Crippen LogP contribution in [0.5, 0.6) is 0 Å². The molecule has 98 valence electrons. The van der Waals surface area contributed by atoms with Gasteiger partial charge in [0.25, 0.3) is 0 Å². The zero-order valence-corrected chi connectivity index (χ0v) is 12.4. The molecule has 0 radical (unpaired) electrons. The van der Waals surface area contributed by atoms with Crippen LogP contribution in [-0.2, 0) is 0 Å². The van der Waals surface area contributed by atoms with Gasteiger partial charge in [0, 0.05) is 22.8 Å². The van der Waals surface area contributed by atoms with E-state index in [2.05, 4.69) is 20.9 Å². The molecule has 5 heteroatoms. The van der Waals surface area contributed by atoms with Gasteiger partial charge in [-0.05, 0) is 47.1 Å². The maximum Gasteiger partial charge on any atom is 0.133 e. The van der Waals surface area contributed by atoms with Crippen LogP contribution < -0.4 is 10.6 Å². The SMILES string of the molecule is Cc1nc(N(C)c2cccc(C(=N)N)c2)ccc1Br. The van der Waals surface area contributed by atoms with E-state index in [1.165, 1.54) is 0 Å². The summed E-state index contributed by atoms with van der Waals surface area (Å²) in [5.41, 5.74) is 8.10. The molecule has 2 aromatic rings. The third kappa shape index (κ3) is 2.93. The van der Waals surface area contributed by atoms with Crippen LogP contribution in [0.3, 0.4) is 0 Å². The summed E-state index contributed by atoms with van der Waals surface area (Å²) in [7, 11) is 1.94. The molecule has 0 amide bonds. The number of aromatic nitrogens is 1. The van der Waals surface area contributed by atoms with Gasteiger partial charge in [-0.1, -0.05) is 12.1 Å². The monoisotopic (exact) mass is 318 g/mol. The number of pyridine rings is 1. The average Bonchev–Trinajstić information content (AvgIpc) is 2.41. The van der Waals surface area contributed by atoms with Gasteiger partial charge in [0.05, 0.1) is 5.69 Å². The van der Waals surface area contributed by atoms with E-state index >= 15 is 0 Å². The summed E-state index contributed by atoms with van der Waals surface area (Å²) < 4.78 is 0.988. The van der Waals surface area contributed by atoms with Crippen LogP contribution in [0, 0.1) is 12.3 Å². The van der Waals surface area contributed by atoms with Crippen molar-refractivity contribution in [2.45, 2.75) is 6.92 Å². The molecule has 0 spiro atoms. The number of nitrogens with one attached hydrogen (secondary N) is 1. The predicted octanol–water partition coefficient (Wildman–Crippen LogP) is 3.20. The molecule has 0 saturated carbocycles. The summed E-state index contributed by atoms with van der Waals surface area (Å²) in [6.45, 7) is 1.95. The number of hydrogen-bond acceptors (Lipinski definition) is 3. The highest BCUT2D eigenvalue weighted by Gasteiger charge is 2.08. The lowest BCUT2D eigenvalue weighted by Gasteiger charge is -2.19. The molecule has 0 saturated heterocycles. The van der Waals surface area contributed by atoms with Crippen molar-refractivity contribution in [1.29, 1.82) is 5.41 Å². The van der Waals surface area contributed by atoms with E-state index in [0.29, 0.717) is 5.56 Å². The molecule has 1 aromatic heterocycles. The number of nitrogen functional groups attached to an aromatic ring is 1. The van der Waals surface area contributed by atoms with Crippen molar-refractivity contribution in [3.05, 3.63) is 52.1 Å². The third-order valence-corrected chi connectivity index (χ3v) is 3.73. The fourth-order valence-electron chi connectivity index (χ4n) is 1.73. The van der Waals surface area contributed by atoms with E-state index in [9.17, 15) is 0 Å². The summed E-state index contributed by atoms with van der Waals surface area (Å²) in [4.78, 5) is 6.48. The van der Waals surface area contributed by atoms with Crippen molar-refractivity contribution in [1.82, 2.24) is 4.98 Å². The lowest BCUT2D eigenvalue weighted by molar-refractivity contribution is 1.08. The minimum atomic E-state index is 0.0650. The van der Waals surface area contributed by atoms with Crippen molar-refractivity contribution in [2.75, 3.05) is 11.9 Å². The minimum absolute atomic E-state index is 0.0650.